The number of hydrogen-bond acceptors (Lipinski definition) is 3. The smallest absolute Gasteiger partial charge is 0.260 e. The summed E-state index contributed by atoms with van der Waals surface area (Å²) < 4.78 is 6.43. The number of rotatable bonds is 7. The van der Waals surface area contributed by atoms with E-state index in [1.165, 1.54) is 0 Å². The van der Waals surface area contributed by atoms with Gasteiger partial charge in [-0.15, -0.1) is 0 Å². The predicted octanol–water partition coefficient (Wildman–Crippen LogP) is 2.42. The Morgan fingerprint density at radius 3 is 2.58 bits per heavy atom. The number of benzene rings is 1. The maximum atomic E-state index is 11.8. The molecule has 1 aromatic rings. The lowest BCUT2D eigenvalue weighted by Crippen LogP contribution is -2.34. The molecule has 0 heterocycles. The Kier molecular flexibility index (Phi) is 6.87. The van der Waals surface area contributed by atoms with Gasteiger partial charge >= 0.3 is 0 Å². The maximum Gasteiger partial charge on any atom is 0.260 e. The molecule has 0 aliphatic rings. The highest BCUT2D eigenvalue weighted by molar-refractivity contribution is 9.10. The van der Waals surface area contributed by atoms with Crippen LogP contribution in [0.5, 0.6) is 5.75 Å². The number of carbonyl (C=O) groups is 1. The zero-order valence-electron chi connectivity index (χ0n) is 11.7. The van der Waals surface area contributed by atoms with Gasteiger partial charge in [-0.1, -0.05) is 6.07 Å². The molecule has 4 nitrogen and oxygen atoms in total. The zero-order chi connectivity index (χ0) is 14.3. The Bertz CT molecular complexity index is 420. The Hall–Kier alpha value is -1.07. The summed E-state index contributed by atoms with van der Waals surface area (Å²) in [5.41, 5.74) is 1.16. The maximum absolute atomic E-state index is 11.8. The number of hydrogen-bond donors (Lipinski definition) is 1. The average Bonchev–Trinajstić information content (AvgIpc) is 2.39. The van der Waals surface area contributed by atoms with Crippen LogP contribution in [0, 0.1) is 0 Å². The van der Waals surface area contributed by atoms with Crippen molar-refractivity contribution in [3.63, 3.8) is 0 Å². The van der Waals surface area contributed by atoms with E-state index >= 15 is 0 Å². The topological polar surface area (TPSA) is 41.6 Å². The highest BCUT2D eigenvalue weighted by atomic mass is 79.9. The molecule has 1 rings (SSSR count). The molecule has 0 spiro atoms. The fraction of sp³-hybridized carbons (Fsp3) is 0.500. The monoisotopic (exact) mass is 328 g/mol. The summed E-state index contributed by atoms with van der Waals surface area (Å²) in [6.45, 7) is 6.22. The summed E-state index contributed by atoms with van der Waals surface area (Å²) in [6.07, 6.45) is 0. The van der Waals surface area contributed by atoms with E-state index in [0.29, 0.717) is 18.8 Å². The van der Waals surface area contributed by atoms with Crippen LogP contribution in [0.3, 0.4) is 0 Å². The van der Waals surface area contributed by atoms with Crippen molar-refractivity contribution in [3.05, 3.63) is 28.2 Å². The number of halogens is 1. The van der Waals surface area contributed by atoms with Crippen molar-refractivity contribution in [2.24, 2.45) is 0 Å². The van der Waals surface area contributed by atoms with Gasteiger partial charge < -0.3 is 15.0 Å². The molecule has 1 aromatic carbocycles. The molecule has 0 aromatic heterocycles. The fourth-order valence-corrected chi connectivity index (χ4v) is 2.32. The van der Waals surface area contributed by atoms with Crippen LogP contribution in [0.25, 0.3) is 0 Å². The highest BCUT2D eigenvalue weighted by Crippen LogP contribution is 2.26. The lowest BCUT2D eigenvalue weighted by atomic mass is 10.2. The van der Waals surface area contributed by atoms with Crippen molar-refractivity contribution < 1.29 is 9.53 Å². The van der Waals surface area contributed by atoms with Crippen LogP contribution >= 0.6 is 15.9 Å². The zero-order valence-corrected chi connectivity index (χ0v) is 13.3. The fourth-order valence-electron chi connectivity index (χ4n) is 1.78. The molecule has 0 saturated heterocycles. The van der Waals surface area contributed by atoms with Crippen LogP contribution in [-0.2, 0) is 11.3 Å². The second-order valence-corrected chi connectivity index (χ2v) is 5.00. The predicted molar refractivity (Wildman–Crippen MR) is 80.3 cm³/mol. The minimum absolute atomic E-state index is 0.0104. The van der Waals surface area contributed by atoms with E-state index in [0.717, 1.165) is 16.6 Å². The summed E-state index contributed by atoms with van der Waals surface area (Å²) >= 11 is 3.46. The van der Waals surface area contributed by atoms with Crippen molar-refractivity contribution in [1.82, 2.24) is 10.2 Å². The van der Waals surface area contributed by atoms with Crippen LogP contribution < -0.4 is 10.1 Å². The minimum Gasteiger partial charge on any atom is -0.483 e. The first-order valence-electron chi connectivity index (χ1n) is 6.45. The lowest BCUT2D eigenvalue weighted by molar-refractivity contribution is -0.132. The summed E-state index contributed by atoms with van der Waals surface area (Å²) in [5.74, 6) is 0.705. The molecule has 0 saturated carbocycles. The molecule has 1 N–H and O–H groups in total. The van der Waals surface area contributed by atoms with Crippen LogP contribution in [0.15, 0.2) is 22.7 Å². The first kappa shape index (κ1) is 16.0. The summed E-state index contributed by atoms with van der Waals surface area (Å²) in [5, 5.41) is 3.09. The van der Waals surface area contributed by atoms with Gasteiger partial charge in [0.15, 0.2) is 6.61 Å². The standard InChI is InChI=1S/C14H21BrN2O2/c1-4-17(5-2)14(18)10-19-13-7-6-11(9-16-3)8-12(13)15/h6-8,16H,4-5,9-10H2,1-3H3. The van der Waals surface area contributed by atoms with Crippen LogP contribution in [0.4, 0.5) is 0 Å². The molecule has 19 heavy (non-hydrogen) atoms. The molecule has 0 unspecified atom stereocenters. The number of nitrogens with one attached hydrogen (secondary N) is 1. The number of amides is 1. The van der Waals surface area contributed by atoms with E-state index in [4.69, 9.17) is 4.74 Å². The van der Waals surface area contributed by atoms with Crippen molar-refractivity contribution in [3.8, 4) is 5.75 Å². The van der Waals surface area contributed by atoms with E-state index in [9.17, 15) is 4.79 Å². The number of likely N-dealkylation sites (N-methyl/N-ethyl adjacent to an activating group) is 1. The Morgan fingerprint density at radius 1 is 1.37 bits per heavy atom. The normalized spacial score (nSPS) is 10.3. The minimum atomic E-state index is 0.0104. The first-order chi connectivity index (χ1) is 9.12. The van der Waals surface area contributed by atoms with Gasteiger partial charge in [-0.2, -0.15) is 0 Å². The van der Waals surface area contributed by atoms with Crippen molar-refractivity contribution >= 4 is 21.8 Å². The third-order valence-corrected chi connectivity index (χ3v) is 3.46. The molecule has 0 atom stereocenters. The van der Waals surface area contributed by atoms with E-state index in [-0.39, 0.29) is 12.5 Å². The van der Waals surface area contributed by atoms with E-state index in [1.54, 1.807) is 4.90 Å². The molecule has 0 radical (unpaired) electrons. The SMILES string of the molecule is CCN(CC)C(=O)COc1ccc(CNC)cc1Br. The summed E-state index contributed by atoms with van der Waals surface area (Å²) in [7, 11) is 1.90. The van der Waals surface area contributed by atoms with Crippen molar-refractivity contribution in [2.45, 2.75) is 20.4 Å². The van der Waals surface area contributed by atoms with Crippen LogP contribution in [-0.4, -0.2) is 37.6 Å². The van der Waals surface area contributed by atoms with Gasteiger partial charge in [-0.05, 0) is 54.5 Å². The second kappa shape index (κ2) is 8.17. The molecule has 1 amide bonds. The van der Waals surface area contributed by atoms with Gasteiger partial charge in [0.1, 0.15) is 5.75 Å². The van der Waals surface area contributed by atoms with Gasteiger partial charge in [0.05, 0.1) is 4.47 Å². The molecular formula is C14H21BrN2O2. The van der Waals surface area contributed by atoms with E-state index in [1.807, 2.05) is 39.1 Å². The Morgan fingerprint density at radius 2 is 2.05 bits per heavy atom. The van der Waals surface area contributed by atoms with Gasteiger partial charge in [0.25, 0.3) is 5.91 Å². The van der Waals surface area contributed by atoms with Gasteiger partial charge in [-0.25, -0.2) is 0 Å². The summed E-state index contributed by atoms with van der Waals surface area (Å²) in [4.78, 5) is 13.6. The second-order valence-electron chi connectivity index (χ2n) is 4.15. The number of carbonyl (C=O) groups excluding carboxylic acids is 1. The Labute approximate surface area is 123 Å². The highest BCUT2D eigenvalue weighted by Gasteiger charge is 2.11. The molecule has 0 aliphatic carbocycles. The third kappa shape index (κ3) is 4.84. The molecule has 0 fully saturated rings. The average molecular weight is 329 g/mol. The van der Waals surface area contributed by atoms with Crippen molar-refractivity contribution in [2.75, 3.05) is 26.7 Å². The van der Waals surface area contributed by atoms with Gasteiger partial charge in [0, 0.05) is 19.6 Å². The third-order valence-electron chi connectivity index (χ3n) is 2.84. The molecule has 5 heteroatoms. The molecule has 0 bridgehead atoms. The van der Waals surface area contributed by atoms with Crippen molar-refractivity contribution in [1.29, 1.82) is 0 Å². The number of nitrogens with zero attached hydrogens (tertiary/aromatic N) is 1. The quantitative estimate of drug-likeness (QED) is 0.835. The van der Waals surface area contributed by atoms with E-state index < -0.39 is 0 Å². The first-order valence-corrected chi connectivity index (χ1v) is 7.25. The van der Waals surface area contributed by atoms with Gasteiger partial charge in [-0.3, -0.25) is 4.79 Å². The lowest BCUT2D eigenvalue weighted by Gasteiger charge is -2.19. The van der Waals surface area contributed by atoms with Crippen LogP contribution in [0.1, 0.15) is 19.4 Å². The van der Waals surface area contributed by atoms with Crippen LogP contribution in [0.2, 0.25) is 0 Å². The molecule has 106 valence electrons. The molecule has 0 aliphatic heterocycles. The Balaban J connectivity index is 2.60. The number of ether oxygens (including phenoxy) is 1. The van der Waals surface area contributed by atoms with E-state index in [2.05, 4.69) is 21.2 Å². The van der Waals surface area contributed by atoms with Gasteiger partial charge in [0.2, 0.25) is 0 Å². The summed E-state index contributed by atoms with van der Waals surface area (Å²) in [6, 6.07) is 5.86. The molecular weight excluding hydrogens is 308 g/mol. The largest absolute Gasteiger partial charge is 0.483 e.